The molecule has 0 aliphatic carbocycles. The lowest BCUT2D eigenvalue weighted by atomic mass is 10.1. The van der Waals surface area contributed by atoms with Crippen molar-refractivity contribution in [3.63, 3.8) is 0 Å². The van der Waals surface area contributed by atoms with E-state index in [-0.39, 0.29) is 5.02 Å². The molecule has 2 saturated heterocycles. The monoisotopic (exact) mass is 393 g/mol. The van der Waals surface area contributed by atoms with E-state index in [1.165, 1.54) is 6.07 Å². The lowest BCUT2D eigenvalue weighted by Gasteiger charge is -2.30. The van der Waals surface area contributed by atoms with Crippen LogP contribution in [0.4, 0.5) is 16.3 Å². The molecule has 2 fully saturated rings. The molecule has 27 heavy (non-hydrogen) atoms. The minimum atomic E-state index is -0.431. The number of aromatic nitrogens is 3. The van der Waals surface area contributed by atoms with Crippen molar-refractivity contribution in [2.24, 2.45) is 0 Å². The van der Waals surface area contributed by atoms with Crippen molar-refractivity contribution in [2.75, 3.05) is 62.4 Å². The largest absolute Gasteiger partial charge is 0.378 e. The maximum atomic E-state index is 13.4. The van der Waals surface area contributed by atoms with Crippen molar-refractivity contribution in [3.05, 3.63) is 40.4 Å². The SMILES string of the molecule is Fc1ccc(Cc2nc(N3CCOCC3)nc(N3CCOCC3)n2)cc1Cl. The van der Waals surface area contributed by atoms with Gasteiger partial charge in [0.2, 0.25) is 11.9 Å². The number of hydrogen-bond donors (Lipinski definition) is 0. The van der Waals surface area contributed by atoms with Gasteiger partial charge in [-0.25, -0.2) is 4.39 Å². The van der Waals surface area contributed by atoms with Gasteiger partial charge in [0, 0.05) is 32.6 Å². The third-order valence-electron chi connectivity index (χ3n) is 4.59. The molecule has 2 aliphatic heterocycles. The average molecular weight is 394 g/mol. The third-order valence-corrected chi connectivity index (χ3v) is 4.88. The zero-order valence-corrected chi connectivity index (χ0v) is 15.7. The Morgan fingerprint density at radius 2 is 1.44 bits per heavy atom. The third kappa shape index (κ3) is 4.45. The van der Waals surface area contributed by atoms with Crippen molar-refractivity contribution in [2.45, 2.75) is 6.42 Å². The smallest absolute Gasteiger partial charge is 0.230 e. The molecule has 3 heterocycles. The maximum Gasteiger partial charge on any atom is 0.230 e. The van der Waals surface area contributed by atoms with Gasteiger partial charge in [-0.15, -0.1) is 0 Å². The fourth-order valence-corrected chi connectivity index (χ4v) is 3.32. The van der Waals surface area contributed by atoms with E-state index in [1.807, 2.05) is 0 Å². The Kier molecular flexibility index (Phi) is 5.66. The lowest BCUT2D eigenvalue weighted by molar-refractivity contribution is 0.121. The molecule has 0 atom stereocenters. The van der Waals surface area contributed by atoms with Crippen LogP contribution in [0.15, 0.2) is 18.2 Å². The Balaban J connectivity index is 1.64. The zero-order chi connectivity index (χ0) is 18.6. The molecule has 0 N–H and O–H groups in total. The summed E-state index contributed by atoms with van der Waals surface area (Å²) in [5.41, 5.74) is 0.855. The van der Waals surface area contributed by atoms with E-state index in [9.17, 15) is 4.39 Å². The summed E-state index contributed by atoms with van der Waals surface area (Å²) in [6, 6.07) is 4.68. The molecule has 0 unspecified atom stereocenters. The van der Waals surface area contributed by atoms with Gasteiger partial charge in [-0.3, -0.25) is 0 Å². The Morgan fingerprint density at radius 3 is 1.96 bits per heavy atom. The van der Waals surface area contributed by atoms with Crippen LogP contribution in [0.25, 0.3) is 0 Å². The van der Waals surface area contributed by atoms with Crippen LogP contribution < -0.4 is 9.80 Å². The first-order valence-corrected chi connectivity index (χ1v) is 9.41. The van der Waals surface area contributed by atoms with Gasteiger partial charge in [0.05, 0.1) is 31.5 Å². The fraction of sp³-hybridized carbons (Fsp3) is 0.500. The molecule has 9 heteroatoms. The summed E-state index contributed by atoms with van der Waals surface area (Å²) < 4.78 is 24.3. The van der Waals surface area contributed by atoms with Gasteiger partial charge < -0.3 is 19.3 Å². The Hall–Kier alpha value is -2.03. The number of morpholine rings is 2. The van der Waals surface area contributed by atoms with Crippen LogP contribution in [-0.2, 0) is 15.9 Å². The molecule has 2 aliphatic rings. The minimum Gasteiger partial charge on any atom is -0.378 e. The zero-order valence-electron chi connectivity index (χ0n) is 14.9. The van der Waals surface area contributed by atoms with Gasteiger partial charge in [0.15, 0.2) is 0 Å². The van der Waals surface area contributed by atoms with Gasteiger partial charge >= 0.3 is 0 Å². The molecule has 0 saturated carbocycles. The second-order valence-corrected chi connectivity index (χ2v) is 6.88. The highest BCUT2D eigenvalue weighted by molar-refractivity contribution is 6.30. The molecule has 0 radical (unpaired) electrons. The maximum absolute atomic E-state index is 13.4. The number of ether oxygens (including phenoxy) is 2. The molecule has 144 valence electrons. The van der Waals surface area contributed by atoms with E-state index in [0.29, 0.717) is 50.6 Å². The molecule has 2 aromatic rings. The van der Waals surface area contributed by atoms with Crippen LogP contribution in [0.1, 0.15) is 11.4 Å². The second-order valence-electron chi connectivity index (χ2n) is 6.48. The van der Waals surface area contributed by atoms with E-state index in [0.717, 1.165) is 31.7 Å². The van der Waals surface area contributed by atoms with Crippen LogP contribution in [0.5, 0.6) is 0 Å². The summed E-state index contributed by atoms with van der Waals surface area (Å²) in [6.07, 6.45) is 0.456. The molecule has 4 rings (SSSR count). The highest BCUT2D eigenvalue weighted by Crippen LogP contribution is 2.21. The van der Waals surface area contributed by atoms with Gasteiger partial charge in [0.1, 0.15) is 11.6 Å². The summed E-state index contributed by atoms with van der Waals surface area (Å²) in [4.78, 5) is 18.2. The number of anilines is 2. The van der Waals surface area contributed by atoms with Gasteiger partial charge in [-0.1, -0.05) is 17.7 Å². The quantitative estimate of drug-likeness (QED) is 0.786. The van der Waals surface area contributed by atoms with Crippen LogP contribution in [0, 0.1) is 5.82 Å². The van der Waals surface area contributed by atoms with E-state index < -0.39 is 5.82 Å². The lowest BCUT2D eigenvalue weighted by Crippen LogP contribution is -2.40. The van der Waals surface area contributed by atoms with Gasteiger partial charge in [-0.05, 0) is 17.7 Å². The van der Waals surface area contributed by atoms with Crippen LogP contribution in [-0.4, -0.2) is 67.6 Å². The highest BCUT2D eigenvalue weighted by Gasteiger charge is 2.20. The standard InChI is InChI=1S/C18H21ClFN5O2/c19-14-11-13(1-2-15(14)20)12-16-21-17(24-3-7-26-8-4-24)23-18(22-16)25-5-9-27-10-6-25/h1-2,11H,3-10,12H2. The first-order chi connectivity index (χ1) is 13.2. The number of rotatable bonds is 4. The fourth-order valence-electron chi connectivity index (χ4n) is 3.12. The predicted octanol–water partition coefficient (Wildman–Crippen LogP) is 1.93. The van der Waals surface area contributed by atoms with Crippen molar-refractivity contribution >= 4 is 23.5 Å². The van der Waals surface area contributed by atoms with E-state index in [1.54, 1.807) is 12.1 Å². The summed E-state index contributed by atoms with van der Waals surface area (Å²) in [5.74, 6) is 1.51. The Morgan fingerprint density at radius 1 is 0.889 bits per heavy atom. The van der Waals surface area contributed by atoms with E-state index >= 15 is 0 Å². The van der Waals surface area contributed by atoms with Crippen molar-refractivity contribution in [3.8, 4) is 0 Å². The van der Waals surface area contributed by atoms with E-state index in [4.69, 9.17) is 21.1 Å². The summed E-state index contributed by atoms with van der Waals surface area (Å²) >= 11 is 5.91. The number of nitrogens with zero attached hydrogens (tertiary/aromatic N) is 5. The van der Waals surface area contributed by atoms with Crippen LogP contribution in [0.3, 0.4) is 0 Å². The normalized spacial score (nSPS) is 18.0. The topological polar surface area (TPSA) is 63.6 Å². The van der Waals surface area contributed by atoms with E-state index in [2.05, 4.69) is 24.8 Å². The molecule has 0 bridgehead atoms. The van der Waals surface area contributed by atoms with Crippen molar-refractivity contribution < 1.29 is 13.9 Å². The molecular formula is C18H21ClFN5O2. The first kappa shape index (κ1) is 18.3. The number of benzene rings is 1. The van der Waals surface area contributed by atoms with Crippen molar-refractivity contribution in [1.29, 1.82) is 0 Å². The Bertz CT molecular complexity index is 761. The Labute approximate surface area is 162 Å². The average Bonchev–Trinajstić information content (AvgIpc) is 2.72. The molecule has 1 aromatic heterocycles. The van der Waals surface area contributed by atoms with Gasteiger partial charge in [0.25, 0.3) is 0 Å². The summed E-state index contributed by atoms with van der Waals surface area (Å²) in [6.45, 7) is 5.59. The summed E-state index contributed by atoms with van der Waals surface area (Å²) in [5, 5.41) is 0.100. The highest BCUT2D eigenvalue weighted by atomic mass is 35.5. The van der Waals surface area contributed by atoms with Gasteiger partial charge in [-0.2, -0.15) is 15.0 Å². The second kappa shape index (κ2) is 8.33. The molecule has 0 spiro atoms. The van der Waals surface area contributed by atoms with Crippen LogP contribution >= 0.6 is 11.6 Å². The first-order valence-electron chi connectivity index (χ1n) is 9.03. The minimum absolute atomic E-state index is 0.100. The number of hydrogen-bond acceptors (Lipinski definition) is 7. The summed E-state index contributed by atoms with van der Waals surface area (Å²) in [7, 11) is 0. The molecule has 0 amide bonds. The molecular weight excluding hydrogens is 373 g/mol. The van der Waals surface area contributed by atoms with Crippen LogP contribution in [0.2, 0.25) is 5.02 Å². The number of halogens is 2. The predicted molar refractivity (Wildman–Crippen MR) is 100 cm³/mol. The molecule has 1 aromatic carbocycles. The molecule has 7 nitrogen and oxygen atoms in total. The van der Waals surface area contributed by atoms with Crippen molar-refractivity contribution in [1.82, 2.24) is 15.0 Å².